The van der Waals surface area contributed by atoms with E-state index in [2.05, 4.69) is 16.0 Å². The molecule has 3 atom stereocenters. The highest BCUT2D eigenvalue weighted by atomic mass is 32.1. The molecule has 13 heteroatoms. The molecular formula is C37H33F2N5O5S. The number of fused-ring (bicyclic) bond motifs is 4. The van der Waals surface area contributed by atoms with Crippen LogP contribution in [-0.4, -0.2) is 53.2 Å². The van der Waals surface area contributed by atoms with Gasteiger partial charge in [-0.25, -0.2) is 4.79 Å². The number of likely N-dealkylation sites (tertiary alicyclic amines) is 1. The number of alkyl halides is 2. The van der Waals surface area contributed by atoms with Crippen LogP contribution in [0.3, 0.4) is 0 Å². The first-order chi connectivity index (χ1) is 23.9. The number of amidine groups is 1. The van der Waals surface area contributed by atoms with Crippen LogP contribution in [0, 0.1) is 10.8 Å². The molecule has 1 saturated carbocycles. The van der Waals surface area contributed by atoms with E-state index in [1.165, 1.54) is 35.6 Å². The summed E-state index contributed by atoms with van der Waals surface area (Å²) < 4.78 is 35.1. The zero-order chi connectivity index (χ0) is 35.2. The number of thiophene rings is 1. The van der Waals surface area contributed by atoms with Crippen molar-refractivity contribution in [1.82, 2.24) is 20.9 Å². The van der Waals surface area contributed by atoms with Crippen LogP contribution in [0.4, 0.5) is 13.6 Å². The highest BCUT2D eigenvalue weighted by Crippen LogP contribution is 2.59. The number of halogens is 2. The van der Waals surface area contributed by atoms with E-state index in [9.17, 15) is 28.0 Å². The summed E-state index contributed by atoms with van der Waals surface area (Å²) >= 11 is 1.31. The summed E-state index contributed by atoms with van der Waals surface area (Å²) in [6.07, 6.45) is 0.486. The minimum Gasteiger partial charge on any atom is -0.444 e. The number of hydrogen-bond donors (Lipinski definition) is 4. The third-order valence-corrected chi connectivity index (χ3v) is 10.6. The lowest BCUT2D eigenvalue weighted by Crippen LogP contribution is -2.50. The maximum absolute atomic E-state index is 14.9. The molecule has 2 heterocycles. The average Bonchev–Trinajstić information content (AvgIpc) is 3.39. The minimum atomic E-state index is -3.16. The molecular weight excluding hydrogens is 664 g/mol. The van der Waals surface area contributed by atoms with Gasteiger partial charge in [0.1, 0.15) is 18.5 Å². The number of alkyl carbamates (subject to hydrolysis) is 1. The van der Waals surface area contributed by atoms with E-state index in [0.717, 1.165) is 16.9 Å². The van der Waals surface area contributed by atoms with E-state index in [1.54, 1.807) is 34.5 Å². The SMILES string of the molecule is C[C@@]12C[C@@H]1N(C(=O)CNC(=O)c1ccc3c(c1)-c1ccccc1C3(F)F)[C@H](C(=O)NCc1cc(C(=N)NC(=O)OCc3ccccc3)cs1)C2. The Morgan fingerprint density at radius 3 is 2.46 bits per heavy atom. The largest absolute Gasteiger partial charge is 0.444 e. The highest BCUT2D eigenvalue weighted by molar-refractivity contribution is 7.10. The van der Waals surface area contributed by atoms with E-state index >= 15 is 0 Å². The molecule has 0 bridgehead atoms. The van der Waals surface area contributed by atoms with E-state index in [1.807, 2.05) is 37.3 Å². The number of amides is 4. The molecule has 256 valence electrons. The number of nitrogens with one attached hydrogen (secondary N) is 4. The Hall–Kier alpha value is -5.43. The van der Waals surface area contributed by atoms with Crippen molar-refractivity contribution in [3.8, 4) is 11.1 Å². The Bertz CT molecular complexity index is 2030. The second kappa shape index (κ2) is 12.8. The molecule has 0 spiro atoms. The Balaban J connectivity index is 0.926. The molecule has 3 aliphatic rings. The van der Waals surface area contributed by atoms with Crippen molar-refractivity contribution in [3.63, 3.8) is 0 Å². The number of carbonyl (C=O) groups excluding carboxylic acids is 4. The third kappa shape index (κ3) is 6.24. The molecule has 0 unspecified atom stereocenters. The second-order valence-electron chi connectivity index (χ2n) is 13.0. The van der Waals surface area contributed by atoms with Crippen molar-refractivity contribution < 1.29 is 32.7 Å². The molecule has 7 rings (SSSR count). The maximum atomic E-state index is 14.9. The van der Waals surface area contributed by atoms with E-state index in [4.69, 9.17) is 10.1 Å². The fourth-order valence-corrected chi connectivity index (χ4v) is 7.67. The van der Waals surface area contributed by atoms with Crippen LogP contribution in [-0.2, 0) is 33.4 Å². The Morgan fingerprint density at radius 2 is 1.66 bits per heavy atom. The van der Waals surface area contributed by atoms with Gasteiger partial charge in [0.15, 0.2) is 0 Å². The lowest BCUT2D eigenvalue weighted by molar-refractivity contribution is -0.139. The van der Waals surface area contributed by atoms with Crippen LogP contribution in [0.1, 0.15) is 57.3 Å². The predicted molar refractivity (Wildman–Crippen MR) is 182 cm³/mol. The van der Waals surface area contributed by atoms with E-state index in [-0.39, 0.29) is 65.1 Å². The van der Waals surface area contributed by atoms with Crippen molar-refractivity contribution in [2.24, 2.45) is 5.41 Å². The molecule has 50 heavy (non-hydrogen) atoms. The van der Waals surface area contributed by atoms with Crippen LogP contribution in [0.25, 0.3) is 11.1 Å². The van der Waals surface area contributed by atoms with Gasteiger partial charge in [0.2, 0.25) is 11.8 Å². The maximum Gasteiger partial charge on any atom is 0.413 e. The Kier molecular flexibility index (Phi) is 8.46. The van der Waals surface area contributed by atoms with E-state index in [0.29, 0.717) is 17.5 Å². The van der Waals surface area contributed by atoms with Gasteiger partial charge in [0, 0.05) is 38.6 Å². The molecule has 1 aromatic heterocycles. The topological polar surface area (TPSA) is 141 Å². The first-order valence-electron chi connectivity index (χ1n) is 16.1. The molecule has 4 amide bonds. The molecule has 10 nitrogen and oxygen atoms in total. The first-order valence-corrected chi connectivity index (χ1v) is 17.0. The Morgan fingerprint density at radius 1 is 0.920 bits per heavy atom. The molecule has 4 aromatic rings. The third-order valence-electron chi connectivity index (χ3n) is 9.62. The van der Waals surface area contributed by atoms with Gasteiger partial charge in [-0.1, -0.05) is 67.6 Å². The average molecular weight is 698 g/mol. The van der Waals surface area contributed by atoms with Gasteiger partial charge in [-0.3, -0.25) is 25.1 Å². The predicted octanol–water partition coefficient (Wildman–Crippen LogP) is 5.55. The van der Waals surface area contributed by atoms with Crippen LogP contribution in [0.2, 0.25) is 0 Å². The number of nitrogens with zero attached hydrogens (tertiary/aromatic N) is 1. The van der Waals surface area contributed by atoms with Gasteiger partial charge in [-0.2, -0.15) is 8.78 Å². The lowest BCUT2D eigenvalue weighted by atomic mass is 10.0. The lowest BCUT2D eigenvalue weighted by Gasteiger charge is -2.27. The van der Waals surface area contributed by atoms with Gasteiger partial charge in [-0.15, -0.1) is 11.3 Å². The number of piperidine rings is 1. The summed E-state index contributed by atoms with van der Waals surface area (Å²) in [6, 6.07) is 20.2. The number of carbonyl (C=O) groups is 4. The van der Waals surface area contributed by atoms with Crippen LogP contribution in [0.5, 0.6) is 0 Å². The molecule has 2 aliphatic carbocycles. The monoisotopic (exact) mass is 697 g/mol. The summed E-state index contributed by atoms with van der Waals surface area (Å²) in [5.41, 5.74) is 1.61. The van der Waals surface area contributed by atoms with Gasteiger partial charge < -0.3 is 20.3 Å². The van der Waals surface area contributed by atoms with Crippen LogP contribution < -0.4 is 16.0 Å². The van der Waals surface area contributed by atoms with Gasteiger partial charge >= 0.3 is 6.09 Å². The molecule has 0 radical (unpaired) electrons. The number of ether oxygens (including phenoxy) is 1. The molecule has 3 aromatic carbocycles. The highest BCUT2D eigenvalue weighted by Gasteiger charge is 2.64. The van der Waals surface area contributed by atoms with Crippen molar-refractivity contribution in [3.05, 3.63) is 117 Å². The molecule has 2 fully saturated rings. The second-order valence-corrected chi connectivity index (χ2v) is 14.0. The normalized spacial score (nSPS) is 20.6. The zero-order valence-electron chi connectivity index (χ0n) is 26.9. The summed E-state index contributed by atoms with van der Waals surface area (Å²) in [5, 5.41) is 17.8. The quantitative estimate of drug-likeness (QED) is 0.134. The summed E-state index contributed by atoms with van der Waals surface area (Å²) in [6.45, 7) is 1.90. The van der Waals surface area contributed by atoms with Crippen LogP contribution >= 0.6 is 11.3 Å². The fraction of sp³-hybridized carbons (Fsp3) is 0.270. The number of benzene rings is 3. The molecule has 1 saturated heterocycles. The van der Waals surface area contributed by atoms with Crippen molar-refractivity contribution >= 4 is 41.0 Å². The molecule has 4 N–H and O–H groups in total. The van der Waals surface area contributed by atoms with Crippen molar-refractivity contribution in [1.29, 1.82) is 5.41 Å². The summed E-state index contributed by atoms with van der Waals surface area (Å²) in [7, 11) is 0. The number of rotatable bonds is 9. The molecule has 1 aliphatic heterocycles. The van der Waals surface area contributed by atoms with Gasteiger partial charge in [0.05, 0.1) is 13.1 Å². The van der Waals surface area contributed by atoms with Gasteiger partial charge in [0.25, 0.3) is 11.8 Å². The van der Waals surface area contributed by atoms with Crippen molar-refractivity contribution in [2.75, 3.05) is 6.54 Å². The summed E-state index contributed by atoms with van der Waals surface area (Å²) in [5.74, 6) is -4.61. The van der Waals surface area contributed by atoms with E-state index < -0.39 is 29.9 Å². The number of hydrogen-bond acceptors (Lipinski definition) is 7. The zero-order valence-corrected chi connectivity index (χ0v) is 27.7. The first kappa shape index (κ1) is 33.1. The van der Waals surface area contributed by atoms with Crippen LogP contribution in [0.15, 0.2) is 84.2 Å². The van der Waals surface area contributed by atoms with Gasteiger partial charge in [-0.05, 0) is 53.1 Å². The minimum absolute atomic E-state index is 0.0711. The smallest absolute Gasteiger partial charge is 0.413 e. The Labute approximate surface area is 290 Å². The standard InChI is InChI=1S/C37H33F2N5O5S/c1-36-15-29(34(47)41-17-24-13-23(20-50-24)32(40)43-35(48)49-19-21-7-3-2-4-8-21)44(30(36)16-36)31(45)18-42-33(46)22-11-12-28-26(14-22)25-9-5-6-10-27(25)37(28,38)39/h2-14,20,29-30H,15-19H2,1H3,(H,41,47)(H,42,46)(H2,40,43,48)/t29-,30-,36+/m0/s1. The van der Waals surface area contributed by atoms with Crippen molar-refractivity contribution in [2.45, 2.75) is 50.9 Å². The summed E-state index contributed by atoms with van der Waals surface area (Å²) in [4.78, 5) is 54.3. The fourth-order valence-electron chi connectivity index (χ4n) is 6.86.